The second-order valence-corrected chi connectivity index (χ2v) is 4.89. The minimum absolute atomic E-state index is 0.0783. The van der Waals surface area contributed by atoms with E-state index in [0.29, 0.717) is 18.9 Å². The molecule has 2 rings (SSSR count). The van der Waals surface area contributed by atoms with E-state index in [9.17, 15) is 9.59 Å². The number of carboxylic acid groups (broad SMARTS) is 1. The Morgan fingerprint density at radius 1 is 1.47 bits per heavy atom. The molecule has 0 bridgehead atoms. The van der Waals surface area contributed by atoms with Crippen LogP contribution in [0.1, 0.15) is 23.2 Å². The fraction of sp³-hybridized carbons (Fsp3) is 0.417. The predicted molar refractivity (Wildman–Crippen MR) is 70.3 cm³/mol. The number of aromatic carboxylic acids is 1. The lowest BCUT2D eigenvalue weighted by atomic mass is 9.97. The molecule has 0 aromatic carbocycles. The Morgan fingerprint density at radius 2 is 2.21 bits per heavy atom. The van der Waals surface area contributed by atoms with E-state index in [1.165, 1.54) is 12.1 Å². The van der Waals surface area contributed by atoms with Crippen molar-refractivity contribution in [1.82, 2.24) is 4.98 Å². The number of anilines is 1. The average Bonchev–Trinajstić information content (AvgIpc) is 2.38. The standard InChI is InChI=1S/C12H14ClN3O3/c13-9-4-3-8(12(18)19)11(15-9)16-5-1-2-7(6-16)10(14)17/h3-4,7H,1-2,5-6H2,(H2,14,17)(H,18,19). The lowest BCUT2D eigenvalue weighted by molar-refractivity contribution is -0.122. The zero-order valence-electron chi connectivity index (χ0n) is 10.2. The SMILES string of the molecule is NC(=O)C1CCCN(c2nc(Cl)ccc2C(=O)O)C1. The number of carboxylic acids is 1. The van der Waals surface area contributed by atoms with Crippen LogP contribution in [-0.4, -0.2) is 35.1 Å². The van der Waals surface area contributed by atoms with Crippen molar-refractivity contribution >= 4 is 29.3 Å². The van der Waals surface area contributed by atoms with E-state index < -0.39 is 5.97 Å². The molecule has 3 N–H and O–H groups in total. The third kappa shape index (κ3) is 2.96. The molecule has 1 aliphatic heterocycles. The Labute approximate surface area is 115 Å². The highest BCUT2D eigenvalue weighted by Gasteiger charge is 2.27. The van der Waals surface area contributed by atoms with Gasteiger partial charge in [0.05, 0.1) is 5.92 Å². The number of hydrogen-bond acceptors (Lipinski definition) is 4. The first-order chi connectivity index (χ1) is 8.99. The molecule has 1 aromatic rings. The van der Waals surface area contributed by atoms with Gasteiger partial charge >= 0.3 is 5.97 Å². The topological polar surface area (TPSA) is 96.5 Å². The third-order valence-electron chi connectivity index (χ3n) is 3.19. The summed E-state index contributed by atoms with van der Waals surface area (Å²) in [6.07, 6.45) is 1.48. The number of hydrogen-bond donors (Lipinski definition) is 2. The first kappa shape index (κ1) is 13.6. The van der Waals surface area contributed by atoms with Crippen molar-refractivity contribution in [3.63, 3.8) is 0 Å². The Balaban J connectivity index is 2.32. The van der Waals surface area contributed by atoms with Gasteiger partial charge in [-0.05, 0) is 25.0 Å². The molecule has 1 unspecified atom stereocenters. The molecule has 0 spiro atoms. The van der Waals surface area contributed by atoms with Crippen LogP contribution in [0, 0.1) is 5.92 Å². The van der Waals surface area contributed by atoms with Gasteiger partial charge in [0.2, 0.25) is 5.91 Å². The summed E-state index contributed by atoms with van der Waals surface area (Å²) in [7, 11) is 0. The predicted octanol–water partition coefficient (Wildman–Crippen LogP) is 1.13. The van der Waals surface area contributed by atoms with Crippen molar-refractivity contribution in [2.45, 2.75) is 12.8 Å². The van der Waals surface area contributed by atoms with E-state index in [2.05, 4.69) is 4.98 Å². The second kappa shape index (κ2) is 5.44. The number of amides is 1. The van der Waals surface area contributed by atoms with Gasteiger partial charge in [-0.3, -0.25) is 4.79 Å². The normalized spacial score (nSPS) is 19.2. The molecule has 6 nitrogen and oxygen atoms in total. The van der Waals surface area contributed by atoms with Gasteiger partial charge in [-0.25, -0.2) is 9.78 Å². The van der Waals surface area contributed by atoms with E-state index >= 15 is 0 Å². The van der Waals surface area contributed by atoms with Crippen LogP contribution in [-0.2, 0) is 4.79 Å². The monoisotopic (exact) mass is 283 g/mol. The van der Waals surface area contributed by atoms with E-state index in [-0.39, 0.29) is 22.5 Å². The molecule has 1 aliphatic rings. The summed E-state index contributed by atoms with van der Waals surface area (Å²) < 4.78 is 0. The number of nitrogens with two attached hydrogens (primary N) is 1. The maximum absolute atomic E-state index is 11.2. The van der Waals surface area contributed by atoms with Crippen molar-refractivity contribution in [1.29, 1.82) is 0 Å². The van der Waals surface area contributed by atoms with Crippen LogP contribution in [0.15, 0.2) is 12.1 Å². The number of rotatable bonds is 3. The maximum Gasteiger partial charge on any atom is 0.339 e. The van der Waals surface area contributed by atoms with Crippen LogP contribution >= 0.6 is 11.6 Å². The molecule has 0 radical (unpaired) electrons. The highest BCUT2D eigenvalue weighted by Crippen LogP contribution is 2.26. The molecule has 1 fully saturated rings. The largest absolute Gasteiger partial charge is 0.478 e. The lowest BCUT2D eigenvalue weighted by Crippen LogP contribution is -2.42. The molecule has 1 aromatic heterocycles. The number of primary amides is 1. The van der Waals surface area contributed by atoms with Crippen molar-refractivity contribution < 1.29 is 14.7 Å². The number of nitrogens with zero attached hydrogens (tertiary/aromatic N) is 2. The van der Waals surface area contributed by atoms with Gasteiger partial charge in [-0.1, -0.05) is 11.6 Å². The fourth-order valence-electron chi connectivity index (χ4n) is 2.24. The Kier molecular flexibility index (Phi) is 3.90. The summed E-state index contributed by atoms with van der Waals surface area (Å²) in [5, 5.41) is 9.38. The fourth-order valence-corrected chi connectivity index (χ4v) is 2.38. The van der Waals surface area contributed by atoms with Gasteiger partial charge < -0.3 is 15.7 Å². The number of aromatic nitrogens is 1. The number of halogens is 1. The molecule has 1 amide bonds. The minimum Gasteiger partial charge on any atom is -0.478 e. The molecule has 1 saturated heterocycles. The Bertz CT molecular complexity index is 521. The summed E-state index contributed by atoms with van der Waals surface area (Å²) in [5.74, 6) is -1.42. The molecule has 0 saturated carbocycles. The van der Waals surface area contributed by atoms with Gasteiger partial charge in [0.15, 0.2) is 0 Å². The first-order valence-electron chi connectivity index (χ1n) is 5.93. The van der Waals surface area contributed by atoms with Crippen LogP contribution in [0.5, 0.6) is 0 Å². The molecular formula is C12H14ClN3O3. The van der Waals surface area contributed by atoms with E-state index in [4.69, 9.17) is 22.4 Å². The van der Waals surface area contributed by atoms with Crippen molar-refractivity contribution in [3.05, 3.63) is 22.8 Å². The van der Waals surface area contributed by atoms with Crippen LogP contribution < -0.4 is 10.6 Å². The third-order valence-corrected chi connectivity index (χ3v) is 3.41. The number of carbonyl (C=O) groups excluding carboxylic acids is 1. The van der Waals surface area contributed by atoms with E-state index in [0.717, 1.165) is 12.8 Å². The Morgan fingerprint density at radius 3 is 2.84 bits per heavy atom. The zero-order valence-corrected chi connectivity index (χ0v) is 10.9. The summed E-state index contributed by atoms with van der Waals surface area (Å²) in [6.45, 7) is 1.01. The summed E-state index contributed by atoms with van der Waals surface area (Å²) >= 11 is 5.82. The second-order valence-electron chi connectivity index (χ2n) is 4.50. The van der Waals surface area contributed by atoms with E-state index in [1.807, 2.05) is 0 Å². The first-order valence-corrected chi connectivity index (χ1v) is 6.31. The summed E-state index contributed by atoms with van der Waals surface area (Å²) in [6, 6.07) is 2.85. The van der Waals surface area contributed by atoms with Crippen LogP contribution in [0.3, 0.4) is 0 Å². The molecule has 2 heterocycles. The molecule has 19 heavy (non-hydrogen) atoms. The van der Waals surface area contributed by atoms with Crippen molar-refractivity contribution in [3.8, 4) is 0 Å². The van der Waals surface area contributed by atoms with Crippen LogP contribution in [0.25, 0.3) is 0 Å². The van der Waals surface area contributed by atoms with Gasteiger partial charge in [-0.15, -0.1) is 0 Å². The average molecular weight is 284 g/mol. The number of piperidine rings is 1. The van der Waals surface area contributed by atoms with Crippen LogP contribution in [0.4, 0.5) is 5.82 Å². The lowest BCUT2D eigenvalue weighted by Gasteiger charge is -2.32. The quantitative estimate of drug-likeness (QED) is 0.811. The van der Waals surface area contributed by atoms with Gasteiger partial charge in [0, 0.05) is 13.1 Å². The smallest absolute Gasteiger partial charge is 0.339 e. The maximum atomic E-state index is 11.2. The molecule has 1 atom stereocenters. The summed E-state index contributed by atoms with van der Waals surface area (Å²) in [5.41, 5.74) is 5.39. The van der Waals surface area contributed by atoms with Crippen LogP contribution in [0.2, 0.25) is 5.15 Å². The number of pyridine rings is 1. The van der Waals surface area contributed by atoms with E-state index in [1.54, 1.807) is 4.90 Å². The molecule has 7 heteroatoms. The van der Waals surface area contributed by atoms with Crippen molar-refractivity contribution in [2.75, 3.05) is 18.0 Å². The van der Waals surface area contributed by atoms with Gasteiger partial charge in [0.1, 0.15) is 16.5 Å². The number of carbonyl (C=O) groups is 2. The molecule has 102 valence electrons. The van der Waals surface area contributed by atoms with Gasteiger partial charge in [0.25, 0.3) is 0 Å². The summed E-state index contributed by atoms with van der Waals surface area (Å²) in [4.78, 5) is 28.3. The minimum atomic E-state index is -1.07. The van der Waals surface area contributed by atoms with Crippen molar-refractivity contribution in [2.24, 2.45) is 11.7 Å². The molecular weight excluding hydrogens is 270 g/mol. The molecule has 0 aliphatic carbocycles. The highest BCUT2D eigenvalue weighted by atomic mass is 35.5. The highest BCUT2D eigenvalue weighted by molar-refractivity contribution is 6.29. The Hall–Kier alpha value is -1.82. The van der Waals surface area contributed by atoms with Gasteiger partial charge in [-0.2, -0.15) is 0 Å². The zero-order chi connectivity index (χ0) is 14.0.